The maximum Gasteiger partial charge on any atom is 0.410 e. The predicted octanol–water partition coefficient (Wildman–Crippen LogP) is 4.66. The topological polar surface area (TPSA) is 64.5 Å². The quantitative estimate of drug-likeness (QED) is 0.299. The highest BCUT2D eigenvalue weighted by Crippen LogP contribution is 2.24. The van der Waals surface area contributed by atoms with Crippen LogP contribution in [0.1, 0.15) is 46.5 Å². The molecular weight excluding hydrogens is 374 g/mol. The van der Waals surface area contributed by atoms with E-state index in [-0.39, 0.29) is 6.09 Å². The molecule has 146 valence electrons. The fourth-order valence-electron chi connectivity index (χ4n) is 2.82. The fraction of sp³-hybridized carbons (Fsp3) is 0.722. The molecule has 0 N–H and O–H groups in total. The molecule has 0 bridgehead atoms. The van der Waals surface area contributed by atoms with Crippen molar-refractivity contribution in [1.29, 1.82) is 0 Å². The summed E-state index contributed by atoms with van der Waals surface area (Å²) in [5.74, 6) is 1.14. The maximum atomic E-state index is 12.1. The molecule has 1 fully saturated rings. The van der Waals surface area contributed by atoms with Crippen molar-refractivity contribution < 1.29 is 14.3 Å². The number of rotatable bonds is 6. The van der Waals surface area contributed by atoms with Gasteiger partial charge < -0.3 is 14.4 Å². The molecule has 1 amide bonds. The Morgan fingerprint density at radius 2 is 2.04 bits per heavy atom. The molecule has 0 unspecified atom stereocenters. The number of likely N-dealkylation sites (tertiary alicyclic amines) is 1. The summed E-state index contributed by atoms with van der Waals surface area (Å²) in [7, 11) is 0. The van der Waals surface area contributed by atoms with E-state index >= 15 is 0 Å². The van der Waals surface area contributed by atoms with E-state index < -0.39 is 5.60 Å². The summed E-state index contributed by atoms with van der Waals surface area (Å²) >= 11 is 7.39. The van der Waals surface area contributed by atoms with Gasteiger partial charge in [0.25, 0.3) is 0 Å². The van der Waals surface area contributed by atoms with Crippen molar-refractivity contribution in [1.82, 2.24) is 14.9 Å². The molecule has 1 aromatic rings. The molecule has 0 atom stereocenters. The van der Waals surface area contributed by atoms with Crippen LogP contribution in [-0.4, -0.2) is 52.5 Å². The van der Waals surface area contributed by atoms with Crippen LogP contribution in [0.3, 0.4) is 0 Å². The average molecular weight is 402 g/mol. The summed E-state index contributed by atoms with van der Waals surface area (Å²) in [5, 5.41) is 1.01. The van der Waals surface area contributed by atoms with Gasteiger partial charge in [0.05, 0.1) is 6.61 Å². The molecule has 1 aliphatic heterocycles. The van der Waals surface area contributed by atoms with Crippen molar-refractivity contribution in [2.75, 3.05) is 26.0 Å². The highest BCUT2D eigenvalue weighted by Gasteiger charge is 2.26. The van der Waals surface area contributed by atoms with Crippen LogP contribution in [-0.2, 0) is 4.74 Å². The Kier molecular flexibility index (Phi) is 7.83. The Balaban J connectivity index is 1.66. The lowest BCUT2D eigenvalue weighted by Gasteiger charge is -2.33. The molecule has 6 nitrogen and oxygen atoms in total. The Labute approximate surface area is 165 Å². The second-order valence-electron chi connectivity index (χ2n) is 7.42. The van der Waals surface area contributed by atoms with Crippen molar-refractivity contribution in [3.63, 3.8) is 0 Å². The van der Waals surface area contributed by atoms with Crippen LogP contribution in [0.5, 0.6) is 5.88 Å². The zero-order valence-corrected chi connectivity index (χ0v) is 17.5. The molecule has 0 saturated carbocycles. The number of nitrogens with zero attached hydrogens (tertiary/aromatic N) is 3. The standard InChI is InChI=1S/C18H28ClN3O3S/c1-18(2,3)25-17(23)22-9-7-13(8-10-22)6-5-11-24-15-12-14(19)20-16(21-15)26-4/h12-13H,5-11H2,1-4H3. The molecular formula is C18H28ClN3O3S. The monoisotopic (exact) mass is 401 g/mol. The molecule has 2 rings (SSSR count). The van der Waals surface area contributed by atoms with Crippen LogP contribution in [0.4, 0.5) is 4.79 Å². The van der Waals surface area contributed by atoms with Crippen LogP contribution in [0.2, 0.25) is 5.15 Å². The number of hydrogen-bond acceptors (Lipinski definition) is 6. The number of ether oxygens (including phenoxy) is 2. The van der Waals surface area contributed by atoms with Gasteiger partial charge in [-0.15, -0.1) is 0 Å². The highest BCUT2D eigenvalue weighted by atomic mass is 35.5. The van der Waals surface area contributed by atoms with E-state index in [0.717, 1.165) is 38.8 Å². The molecule has 2 heterocycles. The smallest absolute Gasteiger partial charge is 0.410 e. The lowest BCUT2D eigenvalue weighted by molar-refractivity contribution is 0.0179. The molecule has 0 spiro atoms. The lowest BCUT2D eigenvalue weighted by Crippen LogP contribution is -2.41. The van der Waals surface area contributed by atoms with Gasteiger partial charge in [0.1, 0.15) is 10.8 Å². The largest absolute Gasteiger partial charge is 0.478 e. The van der Waals surface area contributed by atoms with Gasteiger partial charge in [0, 0.05) is 19.2 Å². The maximum absolute atomic E-state index is 12.1. The first-order valence-corrected chi connectivity index (χ1v) is 10.6. The summed E-state index contributed by atoms with van der Waals surface area (Å²) in [6.45, 7) is 7.81. The summed E-state index contributed by atoms with van der Waals surface area (Å²) < 4.78 is 11.1. The molecule has 0 radical (unpaired) electrons. The number of halogens is 1. The predicted molar refractivity (Wildman–Crippen MR) is 104 cm³/mol. The van der Waals surface area contributed by atoms with Crippen LogP contribution in [0.25, 0.3) is 0 Å². The van der Waals surface area contributed by atoms with Crippen molar-refractivity contribution in [2.45, 2.75) is 57.2 Å². The second-order valence-corrected chi connectivity index (χ2v) is 8.58. The summed E-state index contributed by atoms with van der Waals surface area (Å²) in [4.78, 5) is 22.3. The molecule has 26 heavy (non-hydrogen) atoms. The molecule has 0 aromatic carbocycles. The Morgan fingerprint density at radius 3 is 2.65 bits per heavy atom. The van der Waals surface area contributed by atoms with Crippen LogP contribution < -0.4 is 4.74 Å². The van der Waals surface area contributed by atoms with Gasteiger partial charge in [-0.1, -0.05) is 23.4 Å². The van der Waals surface area contributed by atoms with E-state index in [1.54, 1.807) is 6.07 Å². The Bertz CT molecular complexity index is 602. The summed E-state index contributed by atoms with van der Waals surface area (Å²) in [6.07, 6.45) is 5.75. The van der Waals surface area contributed by atoms with Crippen molar-refractivity contribution >= 4 is 29.5 Å². The molecule has 1 aliphatic rings. The fourth-order valence-corrected chi connectivity index (χ4v) is 3.42. The van der Waals surface area contributed by atoms with Crippen molar-refractivity contribution in [3.8, 4) is 5.88 Å². The molecule has 8 heteroatoms. The average Bonchev–Trinajstić information content (AvgIpc) is 2.57. The Morgan fingerprint density at radius 1 is 1.35 bits per heavy atom. The van der Waals surface area contributed by atoms with E-state index in [1.165, 1.54) is 11.8 Å². The first-order valence-electron chi connectivity index (χ1n) is 8.96. The Hall–Kier alpha value is -1.21. The molecule has 1 saturated heterocycles. The van der Waals surface area contributed by atoms with Crippen molar-refractivity contribution in [3.05, 3.63) is 11.2 Å². The van der Waals surface area contributed by atoms with Crippen LogP contribution >= 0.6 is 23.4 Å². The number of piperidine rings is 1. The third-order valence-electron chi connectivity index (χ3n) is 4.11. The van der Waals surface area contributed by atoms with E-state index in [0.29, 0.717) is 28.7 Å². The van der Waals surface area contributed by atoms with E-state index in [4.69, 9.17) is 21.1 Å². The van der Waals surface area contributed by atoms with Gasteiger partial charge in [-0.25, -0.2) is 9.78 Å². The van der Waals surface area contributed by atoms with Gasteiger partial charge in [0.2, 0.25) is 5.88 Å². The van der Waals surface area contributed by atoms with Gasteiger partial charge in [-0.05, 0) is 58.6 Å². The van der Waals surface area contributed by atoms with Crippen LogP contribution in [0, 0.1) is 5.92 Å². The number of carbonyl (C=O) groups excluding carboxylic acids is 1. The summed E-state index contributed by atoms with van der Waals surface area (Å²) in [5.41, 5.74) is -0.439. The minimum absolute atomic E-state index is 0.204. The lowest BCUT2D eigenvalue weighted by atomic mass is 9.92. The molecule has 0 aliphatic carbocycles. The molecule has 1 aromatic heterocycles. The number of carbonyl (C=O) groups is 1. The minimum atomic E-state index is -0.439. The van der Waals surface area contributed by atoms with Gasteiger partial charge in [0.15, 0.2) is 5.16 Å². The first kappa shape index (κ1) is 21.1. The third-order valence-corrected chi connectivity index (χ3v) is 4.85. The van der Waals surface area contributed by atoms with E-state index in [1.807, 2.05) is 31.9 Å². The summed E-state index contributed by atoms with van der Waals surface area (Å²) in [6, 6.07) is 1.64. The minimum Gasteiger partial charge on any atom is -0.478 e. The third kappa shape index (κ3) is 7.19. The van der Waals surface area contributed by atoms with E-state index in [9.17, 15) is 4.79 Å². The SMILES string of the molecule is CSc1nc(Cl)cc(OCCCC2CCN(C(=O)OC(C)(C)C)CC2)n1. The number of amides is 1. The van der Waals surface area contributed by atoms with Gasteiger partial charge in [-0.3, -0.25) is 0 Å². The van der Waals surface area contributed by atoms with Crippen LogP contribution in [0.15, 0.2) is 11.2 Å². The zero-order chi connectivity index (χ0) is 19.2. The second kappa shape index (κ2) is 9.65. The van der Waals surface area contributed by atoms with E-state index in [2.05, 4.69) is 9.97 Å². The number of thioether (sulfide) groups is 1. The first-order chi connectivity index (χ1) is 12.3. The van der Waals surface area contributed by atoms with Gasteiger partial charge in [-0.2, -0.15) is 4.98 Å². The number of hydrogen-bond donors (Lipinski definition) is 0. The van der Waals surface area contributed by atoms with Crippen molar-refractivity contribution in [2.24, 2.45) is 5.92 Å². The normalized spacial score (nSPS) is 15.8. The number of aromatic nitrogens is 2. The zero-order valence-electron chi connectivity index (χ0n) is 16.0. The highest BCUT2D eigenvalue weighted by molar-refractivity contribution is 7.98. The van der Waals surface area contributed by atoms with Gasteiger partial charge >= 0.3 is 6.09 Å².